The molecule has 3 aromatic rings. The molecule has 7 nitrogen and oxygen atoms in total. The molecule has 1 aliphatic heterocycles. The molecule has 1 aliphatic rings. The molecule has 2 atom stereocenters. The lowest BCUT2D eigenvalue weighted by molar-refractivity contribution is 0.0331. The van der Waals surface area contributed by atoms with Gasteiger partial charge in [0, 0.05) is 48.7 Å². The van der Waals surface area contributed by atoms with Gasteiger partial charge in [-0.3, -0.25) is 14.5 Å². The number of nitrogens with zero attached hydrogens (tertiary/aromatic N) is 2. The summed E-state index contributed by atoms with van der Waals surface area (Å²) >= 11 is 0. The first-order valence-electron chi connectivity index (χ1n) is 12.6. The highest BCUT2D eigenvalue weighted by Crippen LogP contribution is 2.36. The summed E-state index contributed by atoms with van der Waals surface area (Å²) in [5, 5.41) is 13.2. The van der Waals surface area contributed by atoms with Gasteiger partial charge >= 0.3 is 0 Å². The van der Waals surface area contributed by atoms with E-state index in [-0.39, 0.29) is 24.5 Å². The molecule has 194 valence electrons. The number of hydrogen-bond donors (Lipinski definition) is 2. The van der Waals surface area contributed by atoms with Crippen LogP contribution in [0.5, 0.6) is 0 Å². The van der Waals surface area contributed by atoms with Gasteiger partial charge < -0.3 is 20.1 Å². The van der Waals surface area contributed by atoms with Crippen LogP contribution in [0, 0.1) is 6.92 Å². The summed E-state index contributed by atoms with van der Waals surface area (Å²) in [6.45, 7) is 3.27. The van der Waals surface area contributed by atoms with Crippen molar-refractivity contribution in [1.82, 2.24) is 4.90 Å². The van der Waals surface area contributed by atoms with Crippen molar-refractivity contribution in [3.63, 3.8) is 0 Å². The van der Waals surface area contributed by atoms with Gasteiger partial charge in [-0.1, -0.05) is 36.4 Å². The average Bonchev–Trinajstić information content (AvgIpc) is 3.09. The third-order valence-corrected chi connectivity index (χ3v) is 6.86. The van der Waals surface area contributed by atoms with Crippen LogP contribution in [0.3, 0.4) is 0 Å². The van der Waals surface area contributed by atoms with E-state index in [1.165, 1.54) is 0 Å². The third kappa shape index (κ3) is 6.25. The second kappa shape index (κ2) is 12.1. The number of carbonyl (C=O) groups excluding carboxylic acids is 2. The number of anilines is 2. The number of aryl methyl sites for hydroxylation is 1. The lowest BCUT2D eigenvalue weighted by Crippen LogP contribution is -2.35. The third-order valence-electron chi connectivity index (χ3n) is 6.86. The molecule has 2 N–H and O–H groups in total. The largest absolute Gasteiger partial charge is 0.389 e. The Labute approximate surface area is 218 Å². The van der Waals surface area contributed by atoms with Crippen molar-refractivity contribution in [3.8, 4) is 0 Å². The maximum atomic E-state index is 13.6. The smallest absolute Gasteiger partial charge is 0.258 e. The molecule has 3 aromatic carbocycles. The van der Waals surface area contributed by atoms with Gasteiger partial charge in [0.25, 0.3) is 11.8 Å². The summed E-state index contributed by atoms with van der Waals surface area (Å²) in [6.07, 6.45) is 1.13. The number of hydrogen-bond acceptors (Lipinski definition) is 5. The van der Waals surface area contributed by atoms with E-state index in [1.54, 1.807) is 37.4 Å². The minimum Gasteiger partial charge on any atom is -0.389 e. The maximum Gasteiger partial charge on any atom is 0.258 e. The average molecular weight is 502 g/mol. The first-order valence-corrected chi connectivity index (χ1v) is 12.6. The molecule has 0 saturated heterocycles. The van der Waals surface area contributed by atoms with Gasteiger partial charge in [-0.15, -0.1) is 0 Å². The standard InChI is InChI=1S/C30H35N3O4/c1-21-9-4-5-10-25(21)29(35)31-23-16-14-22(15-17-23)30(36)33-18-8-13-27(26-11-6-7-12-28(26)33)32(2)19-24(34)20-37-3/h4-7,9-12,14-17,24,27,34H,8,13,18-20H2,1-3H3,(H,31,35). The zero-order chi connectivity index (χ0) is 26.4. The van der Waals surface area contributed by atoms with Crippen molar-refractivity contribution in [2.24, 2.45) is 0 Å². The molecule has 37 heavy (non-hydrogen) atoms. The van der Waals surface area contributed by atoms with E-state index in [1.807, 2.05) is 55.3 Å². The minimum atomic E-state index is -0.576. The van der Waals surface area contributed by atoms with Gasteiger partial charge in [0.1, 0.15) is 0 Å². The van der Waals surface area contributed by atoms with Gasteiger partial charge in [0.15, 0.2) is 0 Å². The van der Waals surface area contributed by atoms with E-state index < -0.39 is 6.10 Å². The van der Waals surface area contributed by atoms with Crippen molar-refractivity contribution >= 4 is 23.2 Å². The Morgan fingerprint density at radius 3 is 2.51 bits per heavy atom. The lowest BCUT2D eigenvalue weighted by Gasteiger charge is -2.31. The predicted molar refractivity (Wildman–Crippen MR) is 146 cm³/mol. The highest BCUT2D eigenvalue weighted by molar-refractivity contribution is 6.08. The first kappa shape index (κ1) is 26.5. The van der Waals surface area contributed by atoms with E-state index in [0.29, 0.717) is 29.9 Å². The van der Waals surface area contributed by atoms with E-state index in [2.05, 4.69) is 16.3 Å². The molecule has 0 aromatic heterocycles. The number of fused-ring (bicyclic) bond motifs is 1. The SMILES string of the molecule is COCC(O)CN(C)C1CCCN(C(=O)c2ccc(NC(=O)c3ccccc3C)cc2)c2ccccc21. The van der Waals surface area contributed by atoms with Crippen LogP contribution in [0.1, 0.15) is 50.7 Å². The second-order valence-corrected chi connectivity index (χ2v) is 9.57. The van der Waals surface area contributed by atoms with Crippen LogP contribution in [-0.2, 0) is 4.74 Å². The molecule has 0 aliphatic carbocycles. The second-order valence-electron chi connectivity index (χ2n) is 9.57. The Morgan fingerprint density at radius 2 is 1.78 bits per heavy atom. The van der Waals surface area contributed by atoms with Crippen molar-refractivity contribution in [2.75, 3.05) is 44.1 Å². The van der Waals surface area contributed by atoms with Crippen molar-refractivity contribution in [3.05, 3.63) is 95.1 Å². The number of likely N-dealkylation sites (N-methyl/N-ethyl adjacent to an activating group) is 1. The number of para-hydroxylation sites is 1. The fraction of sp³-hybridized carbons (Fsp3) is 0.333. The number of amides is 2. The molecular weight excluding hydrogens is 466 g/mol. The molecule has 2 unspecified atom stereocenters. The van der Waals surface area contributed by atoms with Crippen LogP contribution in [0.15, 0.2) is 72.8 Å². The number of aliphatic hydroxyl groups is 1. The van der Waals surface area contributed by atoms with E-state index in [4.69, 9.17) is 4.74 Å². The first-order chi connectivity index (χ1) is 17.9. The summed E-state index contributed by atoms with van der Waals surface area (Å²) in [6, 6.07) is 22.6. The van der Waals surface area contributed by atoms with Crippen molar-refractivity contribution in [1.29, 1.82) is 0 Å². The quantitative estimate of drug-likeness (QED) is 0.469. The number of carbonyl (C=O) groups is 2. The minimum absolute atomic E-state index is 0.0769. The highest BCUT2D eigenvalue weighted by Gasteiger charge is 2.29. The molecule has 0 fully saturated rings. The molecular formula is C30H35N3O4. The van der Waals surface area contributed by atoms with Crippen LogP contribution in [0.25, 0.3) is 0 Å². The Balaban J connectivity index is 1.51. The summed E-state index contributed by atoms with van der Waals surface area (Å²) < 4.78 is 5.09. The zero-order valence-corrected chi connectivity index (χ0v) is 21.7. The summed E-state index contributed by atoms with van der Waals surface area (Å²) in [4.78, 5) is 30.3. The van der Waals surface area contributed by atoms with E-state index in [0.717, 1.165) is 29.7 Å². The molecule has 7 heteroatoms. The fourth-order valence-corrected chi connectivity index (χ4v) is 4.99. The predicted octanol–water partition coefficient (Wildman–Crippen LogP) is 4.67. The lowest BCUT2D eigenvalue weighted by atomic mass is 10.00. The van der Waals surface area contributed by atoms with Crippen LogP contribution >= 0.6 is 0 Å². The van der Waals surface area contributed by atoms with Gasteiger partial charge in [-0.05, 0) is 74.3 Å². The fourth-order valence-electron chi connectivity index (χ4n) is 4.99. The number of ether oxygens (including phenoxy) is 1. The van der Waals surface area contributed by atoms with Crippen LogP contribution in [0.4, 0.5) is 11.4 Å². The van der Waals surface area contributed by atoms with Crippen LogP contribution in [0.2, 0.25) is 0 Å². The topological polar surface area (TPSA) is 82.1 Å². The van der Waals surface area contributed by atoms with E-state index >= 15 is 0 Å². The van der Waals surface area contributed by atoms with Gasteiger partial charge in [0.05, 0.1) is 12.7 Å². The Kier molecular flexibility index (Phi) is 8.71. The number of rotatable bonds is 8. The summed E-state index contributed by atoms with van der Waals surface area (Å²) in [5.41, 5.74) is 4.69. The molecule has 0 radical (unpaired) electrons. The van der Waals surface area contributed by atoms with Gasteiger partial charge in [-0.25, -0.2) is 0 Å². The van der Waals surface area contributed by atoms with Crippen LogP contribution in [-0.4, -0.2) is 61.8 Å². The van der Waals surface area contributed by atoms with Gasteiger partial charge in [0.2, 0.25) is 0 Å². The Morgan fingerprint density at radius 1 is 1.08 bits per heavy atom. The number of nitrogens with one attached hydrogen (secondary N) is 1. The number of methoxy groups -OCH3 is 1. The maximum absolute atomic E-state index is 13.6. The summed E-state index contributed by atoms with van der Waals surface area (Å²) in [5.74, 6) is -0.253. The Hall–Kier alpha value is -3.52. The normalized spacial score (nSPS) is 16.1. The summed E-state index contributed by atoms with van der Waals surface area (Å²) in [7, 11) is 3.58. The van der Waals surface area contributed by atoms with Crippen molar-refractivity contribution < 1.29 is 19.4 Å². The molecule has 4 rings (SSSR count). The molecule has 0 bridgehead atoms. The van der Waals surface area contributed by atoms with E-state index in [9.17, 15) is 14.7 Å². The van der Waals surface area contributed by atoms with Crippen molar-refractivity contribution in [2.45, 2.75) is 31.9 Å². The highest BCUT2D eigenvalue weighted by atomic mass is 16.5. The molecule has 2 amide bonds. The molecule has 0 saturated carbocycles. The Bertz CT molecular complexity index is 1230. The van der Waals surface area contributed by atoms with Crippen LogP contribution < -0.4 is 10.2 Å². The molecule has 0 spiro atoms. The number of benzene rings is 3. The zero-order valence-electron chi connectivity index (χ0n) is 21.7. The monoisotopic (exact) mass is 501 g/mol. The molecule has 1 heterocycles. The number of aliphatic hydroxyl groups excluding tert-OH is 1. The van der Waals surface area contributed by atoms with Gasteiger partial charge in [-0.2, -0.15) is 0 Å².